The number of nitrogens with one attached hydrogen (secondary N) is 1. The minimum Gasteiger partial charge on any atom is -0.329 e. The Kier molecular flexibility index (Phi) is 4.69. The molecule has 18 heavy (non-hydrogen) atoms. The summed E-state index contributed by atoms with van der Waals surface area (Å²) in [5.41, 5.74) is 1.20. The number of hydrogen-bond donors (Lipinski definition) is 1. The van der Waals surface area contributed by atoms with Crippen molar-refractivity contribution >= 4 is 23.4 Å². The van der Waals surface area contributed by atoms with Crippen LogP contribution in [0.2, 0.25) is 5.02 Å². The van der Waals surface area contributed by atoms with Crippen LogP contribution in [0.25, 0.3) is 0 Å². The van der Waals surface area contributed by atoms with E-state index in [1.165, 1.54) is 5.56 Å². The van der Waals surface area contributed by atoms with Crippen LogP contribution in [0.4, 0.5) is 0 Å². The van der Waals surface area contributed by atoms with Gasteiger partial charge in [-0.3, -0.25) is 0 Å². The molecule has 0 aliphatic rings. The van der Waals surface area contributed by atoms with Crippen LogP contribution in [-0.4, -0.2) is 16.1 Å². The average Bonchev–Trinajstić information content (AvgIpc) is 2.75. The molecule has 5 heteroatoms. The predicted molar refractivity (Wildman–Crippen MR) is 76.2 cm³/mol. The normalized spacial score (nSPS) is 10.8. The molecular weight excluding hydrogens is 266 g/mol. The molecule has 0 fully saturated rings. The highest BCUT2D eigenvalue weighted by molar-refractivity contribution is 7.99. The summed E-state index contributed by atoms with van der Waals surface area (Å²) in [6, 6.07) is 6.16. The molecule has 0 unspecified atom stereocenters. The number of rotatable bonds is 5. The Morgan fingerprint density at radius 1 is 1.44 bits per heavy atom. The summed E-state index contributed by atoms with van der Waals surface area (Å²) >= 11 is 7.87. The van der Waals surface area contributed by atoms with Crippen LogP contribution < -0.4 is 5.32 Å². The number of aromatic nitrogens is 2. The Balaban J connectivity index is 2.12. The van der Waals surface area contributed by atoms with Crippen molar-refractivity contribution < 1.29 is 0 Å². The SMILES string of the molecule is CCNCc1ccc(Sc2nccn2C)c(Cl)c1. The Morgan fingerprint density at radius 2 is 2.28 bits per heavy atom. The van der Waals surface area contributed by atoms with Crippen molar-refractivity contribution in [2.24, 2.45) is 7.05 Å². The molecule has 3 nitrogen and oxygen atoms in total. The smallest absolute Gasteiger partial charge is 0.172 e. The summed E-state index contributed by atoms with van der Waals surface area (Å²) in [5, 5.41) is 5.00. The molecule has 0 aliphatic heterocycles. The number of hydrogen-bond acceptors (Lipinski definition) is 3. The number of nitrogens with zero attached hydrogens (tertiary/aromatic N) is 2. The standard InChI is InChI=1S/C13H16ClN3S/c1-3-15-9-10-4-5-12(11(14)8-10)18-13-16-6-7-17(13)2/h4-8,15H,3,9H2,1-2H3. The minimum atomic E-state index is 0.776. The van der Waals surface area contributed by atoms with Gasteiger partial charge in [-0.25, -0.2) is 4.98 Å². The maximum absolute atomic E-state index is 6.29. The molecule has 0 radical (unpaired) electrons. The lowest BCUT2D eigenvalue weighted by Crippen LogP contribution is -2.11. The van der Waals surface area contributed by atoms with E-state index in [0.29, 0.717) is 0 Å². The largest absolute Gasteiger partial charge is 0.329 e. The zero-order chi connectivity index (χ0) is 13.0. The van der Waals surface area contributed by atoms with E-state index in [-0.39, 0.29) is 0 Å². The van der Waals surface area contributed by atoms with Crippen molar-refractivity contribution in [3.63, 3.8) is 0 Å². The third-order valence-corrected chi connectivity index (χ3v) is 4.13. The van der Waals surface area contributed by atoms with Gasteiger partial charge in [0.1, 0.15) is 0 Å². The van der Waals surface area contributed by atoms with Gasteiger partial charge in [0.15, 0.2) is 5.16 Å². The first-order valence-corrected chi connectivity index (χ1v) is 7.04. The van der Waals surface area contributed by atoms with Gasteiger partial charge in [-0.15, -0.1) is 0 Å². The van der Waals surface area contributed by atoms with Crippen LogP contribution in [0, 0.1) is 0 Å². The fraction of sp³-hybridized carbons (Fsp3) is 0.308. The van der Waals surface area contributed by atoms with E-state index in [4.69, 9.17) is 11.6 Å². The fourth-order valence-electron chi connectivity index (χ4n) is 1.56. The van der Waals surface area contributed by atoms with Crippen LogP contribution in [0.5, 0.6) is 0 Å². The van der Waals surface area contributed by atoms with Gasteiger partial charge in [0, 0.05) is 30.9 Å². The van der Waals surface area contributed by atoms with Crippen molar-refractivity contribution in [2.75, 3.05) is 6.54 Å². The number of benzene rings is 1. The van der Waals surface area contributed by atoms with Gasteiger partial charge in [0.2, 0.25) is 0 Å². The highest BCUT2D eigenvalue weighted by atomic mass is 35.5. The Morgan fingerprint density at radius 3 is 2.89 bits per heavy atom. The molecule has 0 amide bonds. The van der Waals surface area contributed by atoms with E-state index in [9.17, 15) is 0 Å². The molecule has 1 aromatic carbocycles. The molecule has 0 saturated heterocycles. The second-order valence-corrected chi connectivity index (χ2v) is 5.38. The Hall–Kier alpha value is -0.970. The van der Waals surface area contributed by atoms with Crippen LogP contribution in [0.15, 0.2) is 40.6 Å². The molecule has 2 rings (SSSR count). The van der Waals surface area contributed by atoms with Gasteiger partial charge in [0.05, 0.1) is 5.02 Å². The molecule has 0 saturated carbocycles. The van der Waals surface area contributed by atoms with Crippen molar-refractivity contribution in [2.45, 2.75) is 23.5 Å². The molecule has 1 N–H and O–H groups in total. The lowest BCUT2D eigenvalue weighted by molar-refractivity contribution is 0.726. The van der Waals surface area contributed by atoms with Gasteiger partial charge in [-0.05, 0) is 24.2 Å². The molecule has 1 heterocycles. The van der Waals surface area contributed by atoms with Gasteiger partial charge >= 0.3 is 0 Å². The van der Waals surface area contributed by atoms with E-state index in [2.05, 4.69) is 23.3 Å². The second kappa shape index (κ2) is 6.27. The van der Waals surface area contributed by atoms with Crippen molar-refractivity contribution in [1.29, 1.82) is 0 Å². The lowest BCUT2D eigenvalue weighted by Gasteiger charge is -2.07. The van der Waals surface area contributed by atoms with E-state index < -0.39 is 0 Å². The zero-order valence-corrected chi connectivity index (χ0v) is 12.1. The number of aryl methyl sites for hydroxylation is 1. The zero-order valence-electron chi connectivity index (χ0n) is 10.5. The first-order chi connectivity index (χ1) is 8.70. The van der Waals surface area contributed by atoms with Gasteiger partial charge < -0.3 is 9.88 Å². The summed E-state index contributed by atoms with van der Waals surface area (Å²) in [6.45, 7) is 3.90. The molecule has 1 aromatic heterocycles. The van der Waals surface area contributed by atoms with Gasteiger partial charge in [-0.1, -0.05) is 36.4 Å². The Labute approximate surface area is 117 Å². The summed E-state index contributed by atoms with van der Waals surface area (Å²) in [6.07, 6.45) is 3.71. The van der Waals surface area contributed by atoms with E-state index in [1.807, 2.05) is 29.9 Å². The third-order valence-electron chi connectivity index (χ3n) is 2.55. The monoisotopic (exact) mass is 281 g/mol. The first-order valence-electron chi connectivity index (χ1n) is 5.85. The van der Waals surface area contributed by atoms with E-state index >= 15 is 0 Å². The Bertz CT molecular complexity index is 525. The van der Waals surface area contributed by atoms with Gasteiger partial charge in [-0.2, -0.15) is 0 Å². The number of imidazole rings is 1. The summed E-state index contributed by atoms with van der Waals surface area (Å²) < 4.78 is 1.98. The van der Waals surface area contributed by atoms with Crippen molar-refractivity contribution in [3.05, 3.63) is 41.2 Å². The topological polar surface area (TPSA) is 29.9 Å². The van der Waals surface area contributed by atoms with Crippen molar-refractivity contribution in [3.8, 4) is 0 Å². The van der Waals surface area contributed by atoms with Gasteiger partial charge in [0.25, 0.3) is 0 Å². The third kappa shape index (κ3) is 3.28. The highest BCUT2D eigenvalue weighted by Crippen LogP contribution is 2.32. The molecule has 96 valence electrons. The van der Waals surface area contributed by atoms with Crippen LogP contribution in [0.3, 0.4) is 0 Å². The molecule has 2 aromatic rings. The molecule has 0 atom stereocenters. The summed E-state index contributed by atoms with van der Waals surface area (Å²) in [7, 11) is 1.97. The van der Waals surface area contributed by atoms with Crippen molar-refractivity contribution in [1.82, 2.24) is 14.9 Å². The molecule has 0 aliphatic carbocycles. The maximum Gasteiger partial charge on any atom is 0.172 e. The summed E-state index contributed by atoms with van der Waals surface area (Å²) in [5.74, 6) is 0. The quantitative estimate of drug-likeness (QED) is 0.912. The predicted octanol–water partition coefficient (Wildman–Crippen LogP) is 3.33. The molecule has 0 spiro atoms. The van der Waals surface area contributed by atoms with E-state index in [0.717, 1.165) is 28.2 Å². The number of halogens is 1. The molecule has 0 bridgehead atoms. The summed E-state index contributed by atoms with van der Waals surface area (Å²) in [4.78, 5) is 5.31. The van der Waals surface area contributed by atoms with Crippen LogP contribution in [-0.2, 0) is 13.6 Å². The second-order valence-electron chi connectivity index (χ2n) is 3.97. The highest BCUT2D eigenvalue weighted by Gasteiger charge is 2.07. The fourth-order valence-corrected chi connectivity index (χ4v) is 2.68. The maximum atomic E-state index is 6.29. The first kappa shape index (κ1) is 13.5. The lowest BCUT2D eigenvalue weighted by atomic mass is 10.2. The average molecular weight is 282 g/mol. The van der Waals surface area contributed by atoms with E-state index in [1.54, 1.807) is 18.0 Å². The van der Waals surface area contributed by atoms with Crippen LogP contribution >= 0.6 is 23.4 Å². The minimum absolute atomic E-state index is 0.776. The van der Waals surface area contributed by atoms with Crippen LogP contribution in [0.1, 0.15) is 12.5 Å². The molecular formula is C13H16ClN3S.